The van der Waals surface area contributed by atoms with Gasteiger partial charge in [-0.1, -0.05) is 16.9 Å². The predicted octanol–water partition coefficient (Wildman–Crippen LogP) is 2.66. The van der Waals surface area contributed by atoms with Gasteiger partial charge in [-0.3, -0.25) is 0 Å². The molecular formula is C15H16FN5O2S. The SMILES string of the molecule is Cc1cc(-c2noc(C(C)Sc3nnc(CO)n3C)n2)ccc1F. The summed E-state index contributed by atoms with van der Waals surface area (Å²) in [5.74, 6) is 1.06. The van der Waals surface area contributed by atoms with Crippen molar-refractivity contribution in [1.82, 2.24) is 24.9 Å². The molecule has 0 amide bonds. The van der Waals surface area contributed by atoms with Crippen molar-refractivity contribution in [2.45, 2.75) is 30.9 Å². The lowest BCUT2D eigenvalue weighted by atomic mass is 10.1. The van der Waals surface area contributed by atoms with E-state index in [4.69, 9.17) is 9.63 Å². The van der Waals surface area contributed by atoms with Crippen LogP contribution in [0.5, 0.6) is 0 Å². The fraction of sp³-hybridized carbons (Fsp3) is 0.333. The molecule has 126 valence electrons. The summed E-state index contributed by atoms with van der Waals surface area (Å²) in [6.45, 7) is 3.42. The summed E-state index contributed by atoms with van der Waals surface area (Å²) in [7, 11) is 1.78. The molecule has 1 aromatic carbocycles. The number of benzene rings is 1. The minimum Gasteiger partial charge on any atom is -0.388 e. The molecule has 0 spiro atoms. The molecule has 0 aliphatic rings. The van der Waals surface area contributed by atoms with E-state index < -0.39 is 0 Å². The van der Waals surface area contributed by atoms with Gasteiger partial charge in [0.05, 0.1) is 5.25 Å². The highest BCUT2D eigenvalue weighted by atomic mass is 32.2. The molecule has 1 atom stereocenters. The van der Waals surface area contributed by atoms with Crippen LogP contribution in [0.25, 0.3) is 11.4 Å². The number of aliphatic hydroxyl groups excluding tert-OH is 1. The lowest BCUT2D eigenvalue weighted by Gasteiger charge is -2.05. The Labute approximate surface area is 141 Å². The largest absolute Gasteiger partial charge is 0.388 e. The maximum atomic E-state index is 13.4. The lowest BCUT2D eigenvalue weighted by molar-refractivity contribution is 0.266. The van der Waals surface area contributed by atoms with Crippen molar-refractivity contribution >= 4 is 11.8 Å². The van der Waals surface area contributed by atoms with Gasteiger partial charge in [0.1, 0.15) is 12.4 Å². The maximum absolute atomic E-state index is 13.4. The Kier molecular flexibility index (Phi) is 4.63. The predicted molar refractivity (Wildman–Crippen MR) is 85.6 cm³/mol. The van der Waals surface area contributed by atoms with Gasteiger partial charge in [-0.15, -0.1) is 10.2 Å². The number of aromatic nitrogens is 5. The average Bonchev–Trinajstić information content (AvgIpc) is 3.18. The van der Waals surface area contributed by atoms with Crippen molar-refractivity contribution < 1.29 is 14.0 Å². The number of aryl methyl sites for hydroxylation is 1. The standard InChI is InChI=1S/C15H16FN5O2S/c1-8-6-10(4-5-11(8)16)13-17-14(23-20-13)9(2)24-15-19-18-12(7-22)21(15)3/h4-6,9,22H,7H2,1-3H3. The van der Waals surface area contributed by atoms with Crippen LogP contribution in [0.2, 0.25) is 0 Å². The Morgan fingerprint density at radius 1 is 1.38 bits per heavy atom. The molecule has 0 bridgehead atoms. The second-order valence-corrected chi connectivity index (χ2v) is 6.60. The van der Waals surface area contributed by atoms with Gasteiger partial charge in [-0.25, -0.2) is 4.39 Å². The van der Waals surface area contributed by atoms with Crippen LogP contribution in [0.4, 0.5) is 4.39 Å². The van der Waals surface area contributed by atoms with Gasteiger partial charge in [-0.05, 0) is 37.6 Å². The van der Waals surface area contributed by atoms with E-state index in [9.17, 15) is 4.39 Å². The van der Waals surface area contributed by atoms with Crippen molar-refractivity contribution in [3.8, 4) is 11.4 Å². The molecular weight excluding hydrogens is 333 g/mol. The Hall–Kier alpha value is -2.26. The first-order valence-electron chi connectivity index (χ1n) is 7.25. The van der Waals surface area contributed by atoms with Gasteiger partial charge < -0.3 is 14.2 Å². The van der Waals surface area contributed by atoms with E-state index in [2.05, 4.69) is 20.3 Å². The average molecular weight is 349 g/mol. The second kappa shape index (κ2) is 6.70. The smallest absolute Gasteiger partial charge is 0.240 e. The first-order chi connectivity index (χ1) is 11.5. The number of hydrogen-bond donors (Lipinski definition) is 1. The zero-order valence-electron chi connectivity index (χ0n) is 13.4. The minimum absolute atomic E-state index is 0.151. The molecule has 9 heteroatoms. The maximum Gasteiger partial charge on any atom is 0.240 e. The zero-order chi connectivity index (χ0) is 17.3. The van der Waals surface area contributed by atoms with Crippen LogP contribution in [-0.4, -0.2) is 30.0 Å². The topological polar surface area (TPSA) is 89.9 Å². The van der Waals surface area contributed by atoms with Crippen LogP contribution in [0, 0.1) is 12.7 Å². The molecule has 2 heterocycles. The molecule has 1 N–H and O–H groups in total. The molecule has 3 aromatic rings. The first kappa shape index (κ1) is 16.6. The molecule has 1 unspecified atom stereocenters. The molecule has 0 saturated heterocycles. The van der Waals surface area contributed by atoms with Gasteiger partial charge in [0.15, 0.2) is 11.0 Å². The Balaban J connectivity index is 1.79. The van der Waals surface area contributed by atoms with Crippen LogP contribution in [-0.2, 0) is 13.7 Å². The Morgan fingerprint density at radius 3 is 2.83 bits per heavy atom. The highest BCUT2D eigenvalue weighted by Gasteiger charge is 2.20. The number of rotatable bonds is 5. The van der Waals surface area contributed by atoms with Crippen LogP contribution in [0.3, 0.4) is 0 Å². The fourth-order valence-electron chi connectivity index (χ4n) is 2.10. The van der Waals surface area contributed by atoms with Crippen molar-refractivity contribution in [3.05, 3.63) is 41.3 Å². The van der Waals surface area contributed by atoms with Crippen LogP contribution < -0.4 is 0 Å². The summed E-state index contributed by atoms with van der Waals surface area (Å²) in [6, 6.07) is 4.68. The summed E-state index contributed by atoms with van der Waals surface area (Å²) in [6.07, 6.45) is 0. The van der Waals surface area contributed by atoms with E-state index in [0.717, 1.165) is 0 Å². The Bertz CT molecular complexity index is 863. The van der Waals surface area contributed by atoms with Gasteiger partial charge >= 0.3 is 0 Å². The van der Waals surface area contributed by atoms with E-state index >= 15 is 0 Å². The molecule has 2 aromatic heterocycles. The summed E-state index contributed by atoms with van der Waals surface area (Å²) in [4.78, 5) is 4.38. The second-order valence-electron chi connectivity index (χ2n) is 5.30. The normalized spacial score (nSPS) is 12.5. The monoisotopic (exact) mass is 349 g/mol. The van der Waals surface area contributed by atoms with Crippen molar-refractivity contribution in [2.24, 2.45) is 7.05 Å². The van der Waals surface area contributed by atoms with Gasteiger partial charge in [-0.2, -0.15) is 4.98 Å². The summed E-state index contributed by atoms with van der Waals surface area (Å²) in [5, 5.41) is 21.5. The molecule has 7 nitrogen and oxygen atoms in total. The highest BCUT2D eigenvalue weighted by molar-refractivity contribution is 7.99. The first-order valence-corrected chi connectivity index (χ1v) is 8.13. The summed E-state index contributed by atoms with van der Waals surface area (Å²) >= 11 is 1.40. The number of thioether (sulfide) groups is 1. The van der Waals surface area contributed by atoms with Gasteiger partial charge in [0, 0.05) is 12.6 Å². The van der Waals surface area contributed by atoms with Gasteiger partial charge in [0.2, 0.25) is 11.7 Å². The minimum atomic E-state index is -0.270. The molecule has 0 saturated carbocycles. The van der Waals surface area contributed by atoms with E-state index in [1.54, 1.807) is 30.7 Å². The molecule has 0 fully saturated rings. The van der Waals surface area contributed by atoms with Crippen LogP contribution >= 0.6 is 11.8 Å². The van der Waals surface area contributed by atoms with Gasteiger partial charge in [0.25, 0.3) is 0 Å². The molecule has 24 heavy (non-hydrogen) atoms. The zero-order valence-corrected chi connectivity index (χ0v) is 14.2. The molecule has 3 rings (SSSR count). The van der Waals surface area contributed by atoms with E-state index in [1.807, 2.05) is 6.92 Å². The summed E-state index contributed by atoms with van der Waals surface area (Å²) in [5.41, 5.74) is 1.22. The third-order valence-corrected chi connectivity index (χ3v) is 4.68. The van der Waals surface area contributed by atoms with Crippen LogP contribution in [0.1, 0.15) is 29.5 Å². The van der Waals surface area contributed by atoms with Crippen molar-refractivity contribution in [1.29, 1.82) is 0 Å². The molecule has 0 radical (unpaired) electrons. The fourth-order valence-corrected chi connectivity index (χ4v) is 2.96. The number of halogens is 1. The van der Waals surface area contributed by atoms with Crippen LogP contribution in [0.15, 0.2) is 27.9 Å². The highest BCUT2D eigenvalue weighted by Crippen LogP contribution is 2.33. The van der Waals surface area contributed by atoms with Crippen molar-refractivity contribution in [3.63, 3.8) is 0 Å². The Morgan fingerprint density at radius 2 is 2.17 bits per heavy atom. The number of aliphatic hydroxyl groups is 1. The summed E-state index contributed by atoms with van der Waals surface area (Å²) < 4.78 is 20.4. The van der Waals surface area contributed by atoms with E-state index in [1.165, 1.54) is 17.8 Å². The molecule has 0 aliphatic heterocycles. The third-order valence-electron chi connectivity index (χ3n) is 3.55. The van der Waals surface area contributed by atoms with E-state index in [-0.39, 0.29) is 17.7 Å². The number of nitrogens with zero attached hydrogens (tertiary/aromatic N) is 5. The third kappa shape index (κ3) is 3.17. The lowest BCUT2D eigenvalue weighted by Crippen LogP contribution is -1.99. The van der Waals surface area contributed by atoms with Crippen molar-refractivity contribution in [2.75, 3.05) is 0 Å². The number of hydrogen-bond acceptors (Lipinski definition) is 7. The quantitative estimate of drug-likeness (QED) is 0.708. The van der Waals surface area contributed by atoms with E-state index in [0.29, 0.717) is 33.8 Å². The molecule has 0 aliphatic carbocycles.